The van der Waals surface area contributed by atoms with E-state index in [-0.39, 0.29) is 5.69 Å². The van der Waals surface area contributed by atoms with E-state index >= 15 is 0 Å². The lowest BCUT2D eigenvalue weighted by Gasteiger charge is -2.13. The van der Waals surface area contributed by atoms with Crippen molar-refractivity contribution < 1.29 is 9.49 Å². The van der Waals surface area contributed by atoms with Crippen molar-refractivity contribution in [1.82, 2.24) is 4.98 Å². The lowest BCUT2D eigenvalue weighted by molar-refractivity contribution is -0.384. The summed E-state index contributed by atoms with van der Waals surface area (Å²) in [6.07, 6.45) is 0. The Morgan fingerprint density at radius 1 is 0.886 bits per heavy atom. The van der Waals surface area contributed by atoms with E-state index in [0.717, 1.165) is 0 Å². The number of aromatic nitrogens is 1. The standard InChI is InChI=1S/C25H18Cl2N3O3PS/c26-22(18-7-3-1-4-8-18)15-34(33,16-23(27)19-9-5-2-6-10-19)29-25-28-24(17-35-25)20-11-13-21(14-12-20)30(31)32/h1-17H,(H,28,29,33)/b22-15-,23-16-. The molecule has 0 aliphatic rings. The summed E-state index contributed by atoms with van der Waals surface area (Å²) in [6.45, 7) is 0. The molecule has 6 nitrogen and oxygen atoms in total. The zero-order valence-corrected chi connectivity index (χ0v) is 21.3. The van der Waals surface area contributed by atoms with Crippen LogP contribution >= 0.6 is 41.8 Å². The van der Waals surface area contributed by atoms with Crippen LogP contribution in [0.4, 0.5) is 10.8 Å². The van der Waals surface area contributed by atoms with Crippen LogP contribution in [0.25, 0.3) is 21.3 Å². The molecular formula is C25H18Cl2N3O3PS. The number of nitro groups is 1. The van der Waals surface area contributed by atoms with Crippen LogP contribution in [0.15, 0.2) is 102 Å². The highest BCUT2D eigenvalue weighted by Gasteiger charge is 2.21. The first-order valence-electron chi connectivity index (χ1n) is 10.3. The van der Waals surface area contributed by atoms with Gasteiger partial charge in [-0.2, -0.15) is 0 Å². The molecule has 1 heterocycles. The van der Waals surface area contributed by atoms with Gasteiger partial charge >= 0.3 is 0 Å². The Labute approximate surface area is 216 Å². The smallest absolute Gasteiger partial charge is 0.269 e. The number of hydrogen-bond acceptors (Lipinski definition) is 5. The van der Waals surface area contributed by atoms with E-state index in [1.54, 1.807) is 17.5 Å². The summed E-state index contributed by atoms with van der Waals surface area (Å²) in [7, 11) is -3.46. The van der Waals surface area contributed by atoms with Gasteiger partial charge in [0.25, 0.3) is 5.69 Å². The SMILES string of the molecule is O=[N+]([O-])c1ccc(-c2csc(NP(=O)(/C=C(\Cl)c3ccccc3)/C=C(\Cl)c3ccccc3)n2)cc1. The minimum absolute atomic E-state index is 0.00629. The number of non-ortho nitro benzene ring substituents is 1. The summed E-state index contributed by atoms with van der Waals surface area (Å²) in [4.78, 5) is 15.0. The van der Waals surface area contributed by atoms with Gasteiger partial charge in [0.05, 0.1) is 20.7 Å². The maximum atomic E-state index is 14.1. The number of benzene rings is 3. The maximum absolute atomic E-state index is 14.1. The fourth-order valence-corrected chi connectivity index (χ4v) is 6.99. The molecule has 1 aromatic heterocycles. The van der Waals surface area contributed by atoms with E-state index in [1.165, 1.54) is 35.1 Å². The van der Waals surface area contributed by atoms with Crippen LogP contribution in [-0.4, -0.2) is 9.91 Å². The van der Waals surface area contributed by atoms with Crippen LogP contribution in [0, 0.1) is 10.1 Å². The summed E-state index contributed by atoms with van der Waals surface area (Å²) in [5.41, 5.74) is 2.71. The van der Waals surface area contributed by atoms with Crippen molar-refractivity contribution in [2.45, 2.75) is 0 Å². The van der Waals surface area contributed by atoms with Gasteiger partial charge in [-0.3, -0.25) is 14.7 Å². The molecule has 35 heavy (non-hydrogen) atoms. The second-order valence-corrected chi connectivity index (χ2v) is 11.2. The van der Waals surface area contributed by atoms with Gasteiger partial charge in [0.1, 0.15) is 0 Å². The minimum atomic E-state index is -3.46. The molecule has 0 aliphatic heterocycles. The molecule has 0 radical (unpaired) electrons. The number of halogens is 2. The zero-order valence-electron chi connectivity index (χ0n) is 18.0. The van der Waals surface area contributed by atoms with Gasteiger partial charge in [-0.05, 0) is 23.3 Å². The van der Waals surface area contributed by atoms with E-state index in [4.69, 9.17) is 23.2 Å². The molecule has 0 amide bonds. The first-order valence-corrected chi connectivity index (χ1v) is 13.8. The average Bonchev–Trinajstić information content (AvgIpc) is 3.33. The van der Waals surface area contributed by atoms with Crippen molar-refractivity contribution in [2.75, 3.05) is 5.09 Å². The highest BCUT2D eigenvalue weighted by Crippen LogP contribution is 2.54. The van der Waals surface area contributed by atoms with Crippen LogP contribution in [0.2, 0.25) is 0 Å². The second kappa shape index (κ2) is 11.0. The Bertz CT molecular complexity index is 1380. The molecule has 10 heteroatoms. The number of rotatable bonds is 8. The van der Waals surface area contributed by atoms with Crippen molar-refractivity contribution in [3.05, 3.63) is 123 Å². The first kappa shape index (κ1) is 24.9. The zero-order chi connectivity index (χ0) is 24.8. The van der Waals surface area contributed by atoms with E-state index in [1.807, 2.05) is 60.7 Å². The van der Waals surface area contributed by atoms with Gasteiger partial charge in [-0.1, -0.05) is 83.9 Å². The molecule has 0 atom stereocenters. The third kappa shape index (κ3) is 6.47. The van der Waals surface area contributed by atoms with Gasteiger partial charge in [0, 0.05) is 34.7 Å². The normalized spacial score (nSPS) is 12.4. The molecule has 0 saturated carbocycles. The third-order valence-electron chi connectivity index (χ3n) is 4.86. The van der Waals surface area contributed by atoms with Crippen LogP contribution in [0.1, 0.15) is 11.1 Å². The van der Waals surface area contributed by atoms with Gasteiger partial charge in [-0.15, -0.1) is 11.3 Å². The lowest BCUT2D eigenvalue weighted by atomic mass is 10.1. The Hall–Kier alpha value is -3.22. The molecule has 4 rings (SSSR count). The Morgan fingerprint density at radius 3 is 1.89 bits per heavy atom. The number of nitrogens with one attached hydrogen (secondary N) is 1. The van der Waals surface area contributed by atoms with Gasteiger partial charge < -0.3 is 5.09 Å². The van der Waals surface area contributed by atoms with Gasteiger partial charge in [-0.25, -0.2) is 4.98 Å². The quantitative estimate of drug-likeness (QED) is 0.137. The van der Waals surface area contributed by atoms with Crippen molar-refractivity contribution >= 4 is 62.7 Å². The van der Waals surface area contributed by atoms with Gasteiger partial charge in [0.15, 0.2) is 5.13 Å². The molecule has 176 valence electrons. The van der Waals surface area contributed by atoms with E-state index in [9.17, 15) is 14.7 Å². The third-order valence-corrected chi connectivity index (χ3v) is 8.57. The second-order valence-electron chi connectivity index (χ2n) is 7.35. The number of nitrogens with zero attached hydrogens (tertiary/aromatic N) is 2. The number of anilines is 1. The monoisotopic (exact) mass is 541 g/mol. The van der Waals surface area contributed by atoms with Crippen molar-refractivity contribution in [1.29, 1.82) is 0 Å². The summed E-state index contributed by atoms with van der Waals surface area (Å²) < 4.78 is 14.1. The molecule has 0 aliphatic carbocycles. The summed E-state index contributed by atoms with van der Waals surface area (Å²) in [5, 5.41) is 16.7. The lowest BCUT2D eigenvalue weighted by Crippen LogP contribution is -1.94. The molecule has 4 aromatic rings. The predicted molar refractivity (Wildman–Crippen MR) is 146 cm³/mol. The molecule has 0 saturated heterocycles. The summed E-state index contributed by atoms with van der Waals surface area (Å²) in [6, 6.07) is 24.5. The molecule has 0 spiro atoms. The predicted octanol–water partition coefficient (Wildman–Crippen LogP) is 8.88. The maximum Gasteiger partial charge on any atom is 0.269 e. The molecule has 0 unspecified atom stereocenters. The Morgan fingerprint density at radius 2 is 1.40 bits per heavy atom. The van der Waals surface area contributed by atoms with E-state index < -0.39 is 12.2 Å². The van der Waals surface area contributed by atoms with Crippen LogP contribution in [0.3, 0.4) is 0 Å². The topological polar surface area (TPSA) is 85.1 Å². The van der Waals surface area contributed by atoms with E-state index in [2.05, 4.69) is 10.1 Å². The minimum Gasteiger partial charge on any atom is -0.306 e. The largest absolute Gasteiger partial charge is 0.306 e. The van der Waals surface area contributed by atoms with Crippen molar-refractivity contribution in [2.24, 2.45) is 0 Å². The number of nitro benzene ring substituents is 1. The Kier molecular flexibility index (Phi) is 7.83. The van der Waals surface area contributed by atoms with Crippen LogP contribution < -0.4 is 5.09 Å². The first-order chi connectivity index (χ1) is 16.8. The fraction of sp³-hybridized carbons (Fsp3) is 0. The average molecular weight is 542 g/mol. The number of hydrogen-bond donors (Lipinski definition) is 1. The molecular weight excluding hydrogens is 524 g/mol. The fourth-order valence-electron chi connectivity index (χ4n) is 3.14. The molecule has 0 bridgehead atoms. The molecule has 3 aromatic carbocycles. The highest BCUT2D eigenvalue weighted by atomic mass is 35.5. The van der Waals surface area contributed by atoms with Crippen LogP contribution in [0.5, 0.6) is 0 Å². The molecule has 1 N–H and O–H groups in total. The Balaban J connectivity index is 1.68. The van der Waals surface area contributed by atoms with Gasteiger partial charge in [0.2, 0.25) is 7.29 Å². The number of thiazole rings is 1. The van der Waals surface area contributed by atoms with Crippen molar-refractivity contribution in [3.8, 4) is 11.3 Å². The molecule has 0 fully saturated rings. The summed E-state index contributed by atoms with van der Waals surface area (Å²) in [5.74, 6) is 2.92. The van der Waals surface area contributed by atoms with Crippen LogP contribution in [-0.2, 0) is 4.57 Å². The highest BCUT2D eigenvalue weighted by molar-refractivity contribution is 7.72. The summed E-state index contributed by atoms with van der Waals surface area (Å²) >= 11 is 14.3. The van der Waals surface area contributed by atoms with E-state index in [0.29, 0.717) is 37.6 Å². The van der Waals surface area contributed by atoms with Crippen molar-refractivity contribution in [3.63, 3.8) is 0 Å².